The van der Waals surface area contributed by atoms with Gasteiger partial charge in [0.15, 0.2) is 5.78 Å². The summed E-state index contributed by atoms with van der Waals surface area (Å²) >= 11 is 0. The number of hydrogen-bond donors (Lipinski definition) is 1. The van der Waals surface area contributed by atoms with Crippen LogP contribution < -0.4 is 0 Å². The molecule has 2 rings (SSSR count). The summed E-state index contributed by atoms with van der Waals surface area (Å²) in [6.07, 6.45) is 3.82. The Kier molecular flexibility index (Phi) is 2.26. The Morgan fingerprint density at radius 1 is 1.50 bits per heavy atom. The number of ketones is 1. The number of aliphatic hydroxyl groups is 1. The molecule has 2 heteroatoms. The molecule has 0 bridgehead atoms. The second kappa shape index (κ2) is 3.20. The van der Waals surface area contributed by atoms with Crippen molar-refractivity contribution in [3.05, 3.63) is 11.1 Å². The summed E-state index contributed by atoms with van der Waals surface area (Å²) in [4.78, 5) is 11.7. The van der Waals surface area contributed by atoms with Crippen molar-refractivity contribution in [3.63, 3.8) is 0 Å². The van der Waals surface area contributed by atoms with Crippen LogP contribution in [0.25, 0.3) is 0 Å². The fraction of sp³-hybridized carbons (Fsp3) is 0.750. The molecule has 0 aromatic carbocycles. The highest BCUT2D eigenvalue weighted by Gasteiger charge is 2.46. The van der Waals surface area contributed by atoms with E-state index in [9.17, 15) is 9.90 Å². The van der Waals surface area contributed by atoms with Gasteiger partial charge in [-0.25, -0.2) is 0 Å². The molecule has 1 saturated carbocycles. The van der Waals surface area contributed by atoms with Gasteiger partial charge in [0, 0.05) is 11.8 Å². The van der Waals surface area contributed by atoms with Crippen LogP contribution in [-0.4, -0.2) is 17.0 Å². The Labute approximate surface area is 85.0 Å². The van der Waals surface area contributed by atoms with Crippen LogP contribution in [0.2, 0.25) is 0 Å². The van der Waals surface area contributed by atoms with E-state index in [-0.39, 0.29) is 11.5 Å². The summed E-state index contributed by atoms with van der Waals surface area (Å²) in [6, 6.07) is 0. The number of carbonyl (C=O) groups excluding carboxylic acids is 1. The monoisotopic (exact) mass is 194 g/mol. The molecule has 0 saturated heterocycles. The van der Waals surface area contributed by atoms with Crippen LogP contribution in [0.15, 0.2) is 11.1 Å². The molecule has 0 aromatic rings. The fourth-order valence-corrected chi connectivity index (χ4v) is 3.00. The average molecular weight is 194 g/mol. The lowest BCUT2D eigenvalue weighted by Gasteiger charge is -2.35. The van der Waals surface area contributed by atoms with Crippen LogP contribution in [0.4, 0.5) is 0 Å². The van der Waals surface area contributed by atoms with E-state index in [1.807, 2.05) is 6.92 Å². The minimum atomic E-state index is -0.229. The Hall–Kier alpha value is -0.630. The molecule has 0 aromatic heterocycles. The maximum atomic E-state index is 11.7. The van der Waals surface area contributed by atoms with Crippen LogP contribution in [0, 0.1) is 5.41 Å². The highest BCUT2D eigenvalue weighted by molar-refractivity contribution is 5.97. The Morgan fingerprint density at radius 2 is 2.21 bits per heavy atom. The summed E-state index contributed by atoms with van der Waals surface area (Å²) in [6.45, 7) is 4.15. The second-order valence-electron chi connectivity index (χ2n) is 4.71. The van der Waals surface area contributed by atoms with Crippen LogP contribution in [0.1, 0.15) is 46.0 Å². The smallest absolute Gasteiger partial charge is 0.158 e. The van der Waals surface area contributed by atoms with Crippen molar-refractivity contribution < 1.29 is 9.90 Å². The van der Waals surface area contributed by atoms with Crippen molar-refractivity contribution in [2.45, 2.75) is 52.1 Å². The zero-order chi connectivity index (χ0) is 10.3. The van der Waals surface area contributed by atoms with Gasteiger partial charge < -0.3 is 5.11 Å². The third-order valence-corrected chi connectivity index (χ3v) is 4.02. The molecule has 0 amide bonds. The topological polar surface area (TPSA) is 37.3 Å². The number of carbonyl (C=O) groups is 1. The molecule has 78 valence electrons. The van der Waals surface area contributed by atoms with E-state index in [1.54, 1.807) is 0 Å². The predicted octanol–water partition coefficient (Wildman–Crippen LogP) is 2.22. The van der Waals surface area contributed by atoms with Crippen LogP contribution in [0.3, 0.4) is 0 Å². The zero-order valence-electron chi connectivity index (χ0n) is 8.97. The van der Waals surface area contributed by atoms with Crippen molar-refractivity contribution in [3.8, 4) is 0 Å². The average Bonchev–Trinajstić information content (AvgIpc) is 2.45. The predicted molar refractivity (Wildman–Crippen MR) is 54.9 cm³/mol. The standard InChI is InChI=1S/C12H18O2/c1-3-8-9-4-5-11(14)12(9,2)7-6-10(8)13/h11,14H,3-7H2,1-2H3. The third-order valence-electron chi connectivity index (χ3n) is 4.02. The molecule has 0 heterocycles. The van der Waals surface area contributed by atoms with Gasteiger partial charge >= 0.3 is 0 Å². The fourth-order valence-electron chi connectivity index (χ4n) is 3.00. The van der Waals surface area contributed by atoms with Gasteiger partial charge in [0.25, 0.3) is 0 Å². The maximum Gasteiger partial charge on any atom is 0.158 e. The SMILES string of the molecule is CCC1=C2CCC(O)C2(C)CCC1=O. The van der Waals surface area contributed by atoms with E-state index < -0.39 is 0 Å². The van der Waals surface area contributed by atoms with E-state index in [0.29, 0.717) is 12.2 Å². The number of allylic oxidation sites excluding steroid dienone is 1. The molecule has 0 aliphatic heterocycles. The molecule has 2 atom stereocenters. The molecule has 1 N–H and O–H groups in total. The van der Waals surface area contributed by atoms with Crippen LogP contribution in [-0.2, 0) is 4.79 Å². The van der Waals surface area contributed by atoms with Gasteiger partial charge in [0.2, 0.25) is 0 Å². The summed E-state index contributed by atoms with van der Waals surface area (Å²) < 4.78 is 0. The number of rotatable bonds is 1. The molecule has 0 radical (unpaired) electrons. The number of Topliss-reactive ketones (excluding diaryl/α,β-unsaturated/α-hetero) is 1. The van der Waals surface area contributed by atoms with Crippen molar-refractivity contribution >= 4 is 5.78 Å². The van der Waals surface area contributed by atoms with Gasteiger partial charge in [-0.1, -0.05) is 19.4 Å². The van der Waals surface area contributed by atoms with Gasteiger partial charge in [-0.2, -0.15) is 0 Å². The number of fused-ring (bicyclic) bond motifs is 1. The molecular weight excluding hydrogens is 176 g/mol. The van der Waals surface area contributed by atoms with Gasteiger partial charge in [-0.05, 0) is 31.3 Å². The minimum Gasteiger partial charge on any atom is -0.392 e. The highest BCUT2D eigenvalue weighted by atomic mass is 16.3. The normalized spacial score (nSPS) is 37.6. The van der Waals surface area contributed by atoms with E-state index in [1.165, 1.54) is 5.57 Å². The Balaban J connectivity index is 2.47. The molecule has 2 aliphatic carbocycles. The molecule has 2 unspecified atom stereocenters. The summed E-state index contributed by atoms with van der Waals surface area (Å²) in [5, 5.41) is 9.94. The first-order valence-electron chi connectivity index (χ1n) is 5.53. The number of aliphatic hydroxyl groups excluding tert-OH is 1. The summed E-state index contributed by atoms with van der Waals surface area (Å²) in [7, 11) is 0. The molecule has 14 heavy (non-hydrogen) atoms. The molecule has 1 fully saturated rings. The van der Waals surface area contributed by atoms with Crippen molar-refractivity contribution in [1.29, 1.82) is 0 Å². The maximum absolute atomic E-state index is 11.7. The second-order valence-corrected chi connectivity index (χ2v) is 4.71. The molecule has 2 aliphatic rings. The van der Waals surface area contributed by atoms with E-state index in [0.717, 1.165) is 31.3 Å². The first-order valence-corrected chi connectivity index (χ1v) is 5.53. The molecular formula is C12H18O2. The van der Waals surface area contributed by atoms with Crippen molar-refractivity contribution in [2.24, 2.45) is 5.41 Å². The van der Waals surface area contributed by atoms with Gasteiger partial charge in [0.1, 0.15) is 0 Å². The molecule has 0 spiro atoms. The lowest BCUT2D eigenvalue weighted by Crippen LogP contribution is -2.33. The van der Waals surface area contributed by atoms with E-state index in [2.05, 4.69) is 6.92 Å². The van der Waals surface area contributed by atoms with E-state index >= 15 is 0 Å². The first-order chi connectivity index (χ1) is 6.59. The van der Waals surface area contributed by atoms with Gasteiger partial charge in [-0.3, -0.25) is 4.79 Å². The lowest BCUT2D eigenvalue weighted by atomic mass is 9.71. The quantitative estimate of drug-likeness (QED) is 0.695. The molecule has 2 nitrogen and oxygen atoms in total. The Morgan fingerprint density at radius 3 is 2.86 bits per heavy atom. The van der Waals surface area contributed by atoms with Gasteiger partial charge in [0.05, 0.1) is 6.10 Å². The van der Waals surface area contributed by atoms with Gasteiger partial charge in [-0.15, -0.1) is 0 Å². The third kappa shape index (κ3) is 1.17. The Bertz CT molecular complexity index is 303. The minimum absolute atomic E-state index is 0.0841. The van der Waals surface area contributed by atoms with Crippen molar-refractivity contribution in [2.75, 3.05) is 0 Å². The number of hydrogen-bond acceptors (Lipinski definition) is 2. The zero-order valence-corrected chi connectivity index (χ0v) is 8.97. The summed E-state index contributed by atoms with van der Waals surface area (Å²) in [5.74, 6) is 0.314. The van der Waals surface area contributed by atoms with Crippen molar-refractivity contribution in [1.82, 2.24) is 0 Å². The highest BCUT2D eigenvalue weighted by Crippen LogP contribution is 2.50. The van der Waals surface area contributed by atoms with Crippen LogP contribution in [0.5, 0.6) is 0 Å². The largest absolute Gasteiger partial charge is 0.392 e. The lowest BCUT2D eigenvalue weighted by molar-refractivity contribution is -0.117. The van der Waals surface area contributed by atoms with Crippen LogP contribution >= 0.6 is 0 Å². The first kappa shape index (κ1) is 9.91. The summed E-state index contributed by atoms with van der Waals surface area (Å²) in [5.41, 5.74) is 2.18. The van der Waals surface area contributed by atoms with E-state index in [4.69, 9.17) is 0 Å².